The van der Waals surface area contributed by atoms with Gasteiger partial charge in [0.2, 0.25) is 5.90 Å². The van der Waals surface area contributed by atoms with Crippen molar-refractivity contribution in [2.24, 2.45) is 0 Å². The molecular weight excluding hydrogens is 274 g/mol. The first-order valence-corrected chi connectivity index (χ1v) is 6.93. The lowest BCUT2D eigenvalue weighted by Crippen LogP contribution is -2.04. The van der Waals surface area contributed by atoms with E-state index in [1.165, 1.54) is 12.8 Å². The molecule has 5 heteroatoms. The van der Waals surface area contributed by atoms with Gasteiger partial charge in [0, 0.05) is 17.5 Å². The number of unbranched alkanes of at least 4 members (excludes halogenated alkanes) is 2. The molecule has 0 spiro atoms. The lowest BCUT2D eigenvalue weighted by molar-refractivity contribution is 0.325. The second kappa shape index (κ2) is 7.90. The summed E-state index contributed by atoms with van der Waals surface area (Å²) in [5.74, 6) is 0.225. The molecule has 0 unspecified atom stereocenters. The Morgan fingerprint density at radius 1 is 1.30 bits per heavy atom. The SMILES string of the molecule is CCCCCn1ncc2cc(C(=N)OCC)ccc21.Cl. The van der Waals surface area contributed by atoms with Crippen LogP contribution in [-0.2, 0) is 11.3 Å². The van der Waals surface area contributed by atoms with Crippen molar-refractivity contribution in [2.75, 3.05) is 6.61 Å². The van der Waals surface area contributed by atoms with E-state index in [4.69, 9.17) is 10.1 Å². The van der Waals surface area contributed by atoms with Crippen LogP contribution in [0.3, 0.4) is 0 Å². The van der Waals surface area contributed by atoms with Crippen molar-refractivity contribution in [1.29, 1.82) is 5.41 Å². The van der Waals surface area contributed by atoms with Gasteiger partial charge in [-0.05, 0) is 31.5 Å². The van der Waals surface area contributed by atoms with Crippen LogP contribution < -0.4 is 0 Å². The molecule has 4 nitrogen and oxygen atoms in total. The molecule has 1 aromatic heterocycles. The van der Waals surface area contributed by atoms with E-state index in [0.29, 0.717) is 6.61 Å². The van der Waals surface area contributed by atoms with Crippen LogP contribution in [0.15, 0.2) is 24.4 Å². The van der Waals surface area contributed by atoms with Gasteiger partial charge in [-0.2, -0.15) is 5.10 Å². The van der Waals surface area contributed by atoms with Crippen molar-refractivity contribution >= 4 is 29.2 Å². The van der Waals surface area contributed by atoms with Crippen LogP contribution in [0.2, 0.25) is 0 Å². The zero-order valence-electron chi connectivity index (χ0n) is 12.1. The Labute approximate surface area is 126 Å². The maximum atomic E-state index is 7.80. The van der Waals surface area contributed by atoms with Gasteiger partial charge in [0.15, 0.2) is 0 Å². The number of benzene rings is 1. The van der Waals surface area contributed by atoms with E-state index >= 15 is 0 Å². The smallest absolute Gasteiger partial charge is 0.213 e. The molecule has 0 radical (unpaired) electrons. The highest BCUT2D eigenvalue weighted by molar-refractivity contribution is 5.96. The largest absolute Gasteiger partial charge is 0.478 e. The molecule has 0 aliphatic rings. The summed E-state index contributed by atoms with van der Waals surface area (Å²) in [6, 6.07) is 5.92. The summed E-state index contributed by atoms with van der Waals surface area (Å²) in [6.45, 7) is 5.57. The van der Waals surface area contributed by atoms with E-state index in [1.54, 1.807) is 0 Å². The highest BCUT2D eigenvalue weighted by Gasteiger charge is 2.07. The van der Waals surface area contributed by atoms with E-state index in [9.17, 15) is 0 Å². The number of nitrogens with one attached hydrogen (secondary N) is 1. The summed E-state index contributed by atoms with van der Waals surface area (Å²) in [6.07, 6.45) is 5.47. The Hall–Kier alpha value is -1.55. The highest BCUT2D eigenvalue weighted by Crippen LogP contribution is 2.17. The van der Waals surface area contributed by atoms with Crippen molar-refractivity contribution < 1.29 is 4.74 Å². The third-order valence-electron chi connectivity index (χ3n) is 3.17. The quantitative estimate of drug-likeness (QED) is 0.497. The van der Waals surface area contributed by atoms with Crippen LogP contribution in [0.25, 0.3) is 10.9 Å². The Morgan fingerprint density at radius 2 is 2.10 bits per heavy atom. The molecule has 0 aliphatic heterocycles. The van der Waals surface area contributed by atoms with Crippen molar-refractivity contribution in [1.82, 2.24) is 9.78 Å². The molecule has 1 heterocycles. The van der Waals surface area contributed by atoms with Crippen molar-refractivity contribution in [2.45, 2.75) is 39.7 Å². The standard InChI is InChI=1S/C15H21N3O.ClH/c1-3-5-6-9-18-14-8-7-12(15(16)19-4-2)10-13(14)11-17-18;/h7-8,10-11,16H,3-6,9H2,1-2H3;1H. The normalized spacial score (nSPS) is 10.3. The minimum atomic E-state index is 0. The average Bonchev–Trinajstić information content (AvgIpc) is 2.82. The molecule has 0 aliphatic carbocycles. The Bertz CT molecular complexity index is 565. The minimum Gasteiger partial charge on any atom is -0.478 e. The molecule has 0 atom stereocenters. The number of hydrogen-bond acceptors (Lipinski definition) is 3. The van der Waals surface area contributed by atoms with Gasteiger partial charge in [0.25, 0.3) is 0 Å². The lowest BCUT2D eigenvalue weighted by Gasteiger charge is -2.06. The van der Waals surface area contributed by atoms with Crippen molar-refractivity contribution in [3.8, 4) is 0 Å². The molecule has 0 saturated carbocycles. The number of ether oxygens (including phenoxy) is 1. The van der Waals surface area contributed by atoms with Gasteiger partial charge in [-0.15, -0.1) is 12.4 Å². The fourth-order valence-electron chi connectivity index (χ4n) is 2.15. The molecule has 0 amide bonds. The summed E-state index contributed by atoms with van der Waals surface area (Å²) in [5, 5.41) is 13.3. The second-order valence-electron chi connectivity index (χ2n) is 4.61. The summed E-state index contributed by atoms with van der Waals surface area (Å²) in [5.41, 5.74) is 1.94. The summed E-state index contributed by atoms with van der Waals surface area (Å²) < 4.78 is 7.26. The molecule has 2 rings (SSSR count). The zero-order chi connectivity index (χ0) is 13.7. The fourth-order valence-corrected chi connectivity index (χ4v) is 2.15. The topological polar surface area (TPSA) is 50.9 Å². The van der Waals surface area contributed by atoms with E-state index in [2.05, 4.69) is 12.0 Å². The molecule has 2 aromatic rings. The van der Waals surface area contributed by atoms with Gasteiger partial charge in [0.05, 0.1) is 18.3 Å². The maximum absolute atomic E-state index is 7.80. The first-order valence-electron chi connectivity index (χ1n) is 6.93. The Balaban J connectivity index is 0.00000200. The Kier molecular flexibility index (Phi) is 6.52. The van der Waals surface area contributed by atoms with Crippen LogP contribution >= 0.6 is 12.4 Å². The molecule has 0 fully saturated rings. The van der Waals surface area contributed by atoms with Crippen molar-refractivity contribution in [3.63, 3.8) is 0 Å². The van der Waals surface area contributed by atoms with Gasteiger partial charge in [-0.1, -0.05) is 19.8 Å². The second-order valence-corrected chi connectivity index (χ2v) is 4.61. The van der Waals surface area contributed by atoms with Gasteiger partial charge in [-0.25, -0.2) is 0 Å². The van der Waals surface area contributed by atoms with Gasteiger partial charge >= 0.3 is 0 Å². The molecule has 0 bridgehead atoms. The Morgan fingerprint density at radius 3 is 2.80 bits per heavy atom. The molecule has 1 N–H and O–H groups in total. The van der Waals surface area contributed by atoms with Gasteiger partial charge in [0.1, 0.15) is 0 Å². The lowest BCUT2D eigenvalue weighted by atomic mass is 10.1. The summed E-state index contributed by atoms with van der Waals surface area (Å²) in [4.78, 5) is 0. The predicted molar refractivity (Wildman–Crippen MR) is 85.0 cm³/mol. The molecular formula is C15H22ClN3O. The first-order chi connectivity index (χ1) is 9.26. The maximum Gasteiger partial charge on any atom is 0.213 e. The third-order valence-corrected chi connectivity index (χ3v) is 3.17. The van der Waals surface area contributed by atoms with Gasteiger partial charge < -0.3 is 4.74 Å². The van der Waals surface area contributed by atoms with E-state index in [-0.39, 0.29) is 18.3 Å². The first kappa shape index (κ1) is 16.5. The van der Waals surface area contributed by atoms with Crippen LogP contribution in [0.1, 0.15) is 38.7 Å². The number of nitrogens with zero attached hydrogens (tertiary/aromatic N) is 2. The number of aromatic nitrogens is 2. The number of aryl methyl sites for hydroxylation is 1. The van der Waals surface area contributed by atoms with Crippen LogP contribution in [0, 0.1) is 5.41 Å². The summed E-state index contributed by atoms with van der Waals surface area (Å²) >= 11 is 0. The van der Waals surface area contributed by atoms with Gasteiger partial charge in [-0.3, -0.25) is 10.1 Å². The number of rotatable bonds is 6. The summed E-state index contributed by atoms with van der Waals surface area (Å²) in [7, 11) is 0. The van der Waals surface area contributed by atoms with E-state index < -0.39 is 0 Å². The zero-order valence-corrected chi connectivity index (χ0v) is 12.9. The van der Waals surface area contributed by atoms with E-state index in [1.807, 2.05) is 36.0 Å². The van der Waals surface area contributed by atoms with E-state index in [0.717, 1.165) is 29.4 Å². The number of fused-ring (bicyclic) bond motifs is 1. The molecule has 20 heavy (non-hydrogen) atoms. The fraction of sp³-hybridized carbons (Fsp3) is 0.467. The number of hydrogen-bond donors (Lipinski definition) is 1. The molecule has 110 valence electrons. The molecule has 1 aromatic carbocycles. The predicted octanol–water partition coefficient (Wildman–Crippen LogP) is 4.01. The minimum absolute atomic E-state index is 0. The third kappa shape index (κ3) is 3.73. The van der Waals surface area contributed by atoms with Crippen LogP contribution in [0.5, 0.6) is 0 Å². The monoisotopic (exact) mass is 295 g/mol. The van der Waals surface area contributed by atoms with Crippen molar-refractivity contribution in [3.05, 3.63) is 30.0 Å². The van der Waals surface area contributed by atoms with Crippen LogP contribution in [0.4, 0.5) is 0 Å². The number of halogens is 1. The average molecular weight is 296 g/mol. The molecule has 0 saturated heterocycles. The van der Waals surface area contributed by atoms with Crippen LogP contribution in [-0.4, -0.2) is 22.3 Å². The highest BCUT2D eigenvalue weighted by atomic mass is 35.5.